The molecule has 103 heavy (non-hydrogen) atoms. The molecule has 5 aromatic carbocycles. The Morgan fingerprint density at radius 3 is 0.961 bits per heavy atom. The van der Waals surface area contributed by atoms with E-state index in [1.54, 1.807) is 30.3 Å². The van der Waals surface area contributed by atoms with Crippen LogP contribution in [-0.4, -0.2) is 170 Å². The van der Waals surface area contributed by atoms with Gasteiger partial charge in [0.15, 0.2) is 0 Å². The van der Waals surface area contributed by atoms with Crippen molar-refractivity contribution >= 4 is 75.8 Å². The number of imidazole rings is 4. The first-order valence-corrected chi connectivity index (χ1v) is 36.7. The number of carbonyl (C=O) groups is 6. The summed E-state index contributed by atoms with van der Waals surface area (Å²) in [6.07, 6.45) is 4.08. The molecule has 0 fully saturated rings. The number of hydrogen-bond donors (Lipinski definition) is 5. The van der Waals surface area contributed by atoms with Crippen LogP contribution in [0.1, 0.15) is 49.1 Å². The standard InChI is InChI=1S/C66H71N13O20S4/c1-66(2,3)99-65(85)75-59(32-47-37-79(42-71-47)103(92,93)55-27-19-51(97-7)20-28-55)64(84)74-58(31-46-36-78(41-70-46)102(90,91)54-25-17-50(96-6)18-26-54)63(83)73-57(30-45-35-77(40-69-45)101(88,89)53-23-15-49(95-5)16-24-53)62(82)72-56(61(81)67-33-60(80)98-38-43-11-9-8-10-12-43)29-44-34-76(39-68-44)100(86,87)52-21-13-48(94-4)14-22-52/h8-28,34-37,39-42,56-59H,29-33,38H2,1-7H3,(H,67,81)(H,72,82)(H,73,83)(H,74,84)(H,75,85)/t56-,57-,58-,59-/m0/s1. The largest absolute Gasteiger partial charge is 0.497 e. The number of hydrogen-bond acceptors (Lipinski definition) is 24. The van der Waals surface area contributed by atoms with E-state index in [4.69, 9.17) is 28.4 Å². The van der Waals surface area contributed by atoms with Crippen molar-refractivity contribution in [3.05, 3.63) is 206 Å². The summed E-state index contributed by atoms with van der Waals surface area (Å²) in [5.74, 6) is -4.29. The van der Waals surface area contributed by atoms with E-state index >= 15 is 14.4 Å². The van der Waals surface area contributed by atoms with Crippen LogP contribution in [0.25, 0.3) is 0 Å². The number of aromatic nitrogens is 8. The van der Waals surface area contributed by atoms with Crippen molar-refractivity contribution in [2.45, 2.75) is 102 Å². The molecule has 4 heterocycles. The van der Waals surface area contributed by atoms with E-state index in [1.807, 2.05) is 0 Å². The second kappa shape index (κ2) is 32.5. The van der Waals surface area contributed by atoms with Crippen LogP contribution in [0.2, 0.25) is 0 Å². The minimum absolute atomic E-state index is 0.102. The second-order valence-corrected chi connectivity index (χ2v) is 30.9. The number of nitrogens with one attached hydrogen (secondary N) is 5. The lowest BCUT2D eigenvalue weighted by Gasteiger charge is -2.26. The van der Waals surface area contributed by atoms with Crippen LogP contribution in [0.5, 0.6) is 23.0 Å². The van der Waals surface area contributed by atoms with Crippen molar-refractivity contribution in [2.24, 2.45) is 0 Å². The summed E-state index contributed by atoms with van der Waals surface area (Å²) < 4.78 is 146. The molecule has 9 rings (SSSR count). The fraction of sp³-hybridized carbons (Fsp3) is 0.273. The summed E-state index contributed by atoms with van der Waals surface area (Å²) in [6.45, 7) is 3.63. The summed E-state index contributed by atoms with van der Waals surface area (Å²) in [6, 6.07) is 22.4. The van der Waals surface area contributed by atoms with Gasteiger partial charge in [-0.05, 0) is 123 Å². The maximum atomic E-state index is 15.4. The topological polar surface area (TPSA) is 426 Å². The Bertz CT molecular complexity index is 4990. The van der Waals surface area contributed by atoms with Gasteiger partial charge in [-0.2, -0.15) is 0 Å². The molecule has 0 unspecified atom stereocenters. The van der Waals surface area contributed by atoms with E-state index in [1.165, 1.54) is 146 Å². The van der Waals surface area contributed by atoms with E-state index < -0.39 is 138 Å². The van der Waals surface area contributed by atoms with Gasteiger partial charge in [0.05, 0.1) is 70.8 Å². The molecular weight excluding hydrogens is 1420 g/mol. The predicted molar refractivity (Wildman–Crippen MR) is 364 cm³/mol. The van der Waals surface area contributed by atoms with Crippen LogP contribution in [0, 0.1) is 0 Å². The lowest BCUT2D eigenvalue weighted by molar-refractivity contribution is -0.145. The summed E-state index contributed by atoms with van der Waals surface area (Å²) in [5.41, 5.74) is -1.15. The van der Waals surface area contributed by atoms with Crippen LogP contribution >= 0.6 is 0 Å². The van der Waals surface area contributed by atoms with Crippen molar-refractivity contribution in [3.8, 4) is 23.0 Å². The number of esters is 1. The molecule has 0 saturated carbocycles. The van der Waals surface area contributed by atoms with Gasteiger partial charge in [0.25, 0.3) is 40.1 Å². The lowest BCUT2D eigenvalue weighted by atomic mass is 10.1. The molecule has 0 aliphatic carbocycles. The highest BCUT2D eigenvalue weighted by atomic mass is 32.2. The third-order valence-electron chi connectivity index (χ3n) is 15.2. The molecule has 0 bridgehead atoms. The van der Waals surface area contributed by atoms with Crippen LogP contribution in [0.4, 0.5) is 4.79 Å². The van der Waals surface area contributed by atoms with E-state index in [9.17, 15) is 48.1 Å². The Labute approximate surface area is 592 Å². The van der Waals surface area contributed by atoms with Crippen molar-refractivity contribution in [2.75, 3.05) is 35.0 Å². The number of nitrogens with zero attached hydrogens (tertiary/aromatic N) is 8. The molecule has 4 atom stereocenters. The Morgan fingerprint density at radius 1 is 0.398 bits per heavy atom. The monoisotopic (exact) mass is 1490 g/mol. The zero-order valence-corrected chi connectivity index (χ0v) is 59.4. The molecule has 4 aromatic heterocycles. The molecule has 9 aromatic rings. The second-order valence-electron chi connectivity index (χ2n) is 23.6. The molecular formula is C66H71N13O20S4. The van der Waals surface area contributed by atoms with Crippen LogP contribution < -0.4 is 45.5 Å². The fourth-order valence-corrected chi connectivity index (χ4v) is 14.4. The van der Waals surface area contributed by atoms with Crippen LogP contribution in [-0.2, 0) is 106 Å². The van der Waals surface area contributed by atoms with Crippen molar-refractivity contribution in [1.29, 1.82) is 0 Å². The molecule has 0 aliphatic heterocycles. The molecule has 0 spiro atoms. The third-order valence-corrected chi connectivity index (χ3v) is 21.7. The Balaban J connectivity index is 1.09. The van der Waals surface area contributed by atoms with E-state index in [0.29, 0.717) is 28.6 Å². The Kier molecular flexibility index (Phi) is 23.9. The third kappa shape index (κ3) is 19.4. The minimum atomic E-state index is -4.43. The van der Waals surface area contributed by atoms with Gasteiger partial charge in [-0.1, -0.05) is 30.3 Å². The zero-order chi connectivity index (χ0) is 74.4. The summed E-state index contributed by atoms with van der Waals surface area (Å²) in [7, 11) is -12.0. The molecule has 544 valence electrons. The average molecular weight is 1490 g/mol. The van der Waals surface area contributed by atoms with Crippen molar-refractivity contribution < 1.29 is 90.9 Å². The number of rotatable bonds is 32. The predicted octanol–water partition coefficient (Wildman–Crippen LogP) is 2.93. The van der Waals surface area contributed by atoms with Gasteiger partial charge in [0.2, 0.25) is 23.6 Å². The number of amides is 5. The fourth-order valence-electron chi connectivity index (χ4n) is 9.82. The van der Waals surface area contributed by atoms with Crippen LogP contribution in [0.3, 0.4) is 0 Å². The van der Waals surface area contributed by atoms with E-state index in [-0.39, 0.29) is 49.0 Å². The lowest BCUT2D eigenvalue weighted by Crippen LogP contribution is -2.60. The Morgan fingerprint density at radius 2 is 0.680 bits per heavy atom. The maximum Gasteiger partial charge on any atom is 0.408 e. The van der Waals surface area contributed by atoms with Crippen molar-refractivity contribution in [1.82, 2.24) is 62.4 Å². The molecule has 0 radical (unpaired) electrons. The summed E-state index contributed by atoms with van der Waals surface area (Å²) in [5, 5.41) is 12.5. The number of carbonyl (C=O) groups excluding carboxylic acids is 6. The van der Waals surface area contributed by atoms with Crippen LogP contribution in [0.15, 0.2) is 197 Å². The SMILES string of the molecule is COc1ccc(S(=O)(=O)n2cnc(C[C@H](NC(=O)OC(C)(C)C)C(=O)N[C@@H](Cc3cn(S(=O)(=O)c4ccc(OC)cc4)cn3)C(=O)N[C@@H](Cc3cn(S(=O)(=O)c4ccc(OC)cc4)cn3)C(=O)N[C@@H](Cc3cn(S(=O)(=O)c4ccc(OC)cc4)cn3)C(=O)NCC(=O)OCc3ccccc3)c2)cc1. The van der Waals surface area contributed by atoms with Gasteiger partial charge >= 0.3 is 12.1 Å². The maximum absolute atomic E-state index is 15.4. The minimum Gasteiger partial charge on any atom is -0.497 e. The first-order chi connectivity index (χ1) is 48.9. The van der Waals surface area contributed by atoms with E-state index in [0.717, 1.165) is 66.0 Å². The van der Waals surface area contributed by atoms with Gasteiger partial charge in [-0.25, -0.2) is 74.3 Å². The smallest absolute Gasteiger partial charge is 0.408 e. The van der Waals surface area contributed by atoms with E-state index in [2.05, 4.69) is 46.5 Å². The van der Waals surface area contributed by atoms with Gasteiger partial charge in [-0.15, -0.1) is 0 Å². The molecule has 37 heteroatoms. The molecule has 33 nitrogen and oxygen atoms in total. The van der Waals surface area contributed by atoms with Gasteiger partial charge < -0.3 is 55.0 Å². The van der Waals surface area contributed by atoms with Crippen molar-refractivity contribution in [3.63, 3.8) is 0 Å². The first-order valence-electron chi connectivity index (χ1n) is 31.0. The molecule has 0 saturated heterocycles. The number of alkyl carbamates (subject to hydrolysis) is 1. The molecule has 5 amide bonds. The van der Waals surface area contributed by atoms with Gasteiger partial charge in [0, 0.05) is 50.5 Å². The number of methoxy groups -OCH3 is 4. The summed E-state index contributed by atoms with van der Waals surface area (Å²) in [4.78, 5) is 103. The van der Waals surface area contributed by atoms with Gasteiger partial charge in [-0.3, -0.25) is 24.0 Å². The normalized spacial score (nSPS) is 13.0. The summed E-state index contributed by atoms with van der Waals surface area (Å²) >= 11 is 0. The molecule has 5 N–H and O–H groups in total. The number of ether oxygens (including phenoxy) is 6. The first kappa shape index (κ1) is 75.8. The quantitative estimate of drug-likeness (QED) is 0.0378. The average Bonchev–Trinajstić information content (AvgIpc) is 1.76. The highest BCUT2D eigenvalue weighted by Crippen LogP contribution is 2.24. The Hall–Kier alpha value is -11.4. The highest BCUT2D eigenvalue weighted by molar-refractivity contribution is 7.90. The highest BCUT2D eigenvalue weighted by Gasteiger charge is 2.36. The number of benzene rings is 5. The van der Waals surface area contributed by atoms with Gasteiger partial charge in [0.1, 0.15) is 91.2 Å². The zero-order valence-electron chi connectivity index (χ0n) is 56.2. The molecule has 0 aliphatic rings.